The molecular weight excluding hydrogens is 284 g/mol. The standard InChI is InChI=1S/C15H20N4O3/c1-3-19(4-2)13(20)10-18-8-11(9-18)15-16-14(17-22-15)12-6-5-7-21-12/h5-7,11H,3-4,8-10H2,1-2H3. The van der Waals surface area contributed by atoms with Crippen LogP contribution in [0.5, 0.6) is 0 Å². The highest BCUT2D eigenvalue weighted by molar-refractivity contribution is 5.78. The molecule has 1 aliphatic rings. The topological polar surface area (TPSA) is 75.6 Å². The van der Waals surface area contributed by atoms with E-state index in [1.165, 1.54) is 0 Å². The smallest absolute Gasteiger partial charge is 0.238 e. The lowest BCUT2D eigenvalue weighted by atomic mass is 10.0. The van der Waals surface area contributed by atoms with Crippen molar-refractivity contribution in [1.29, 1.82) is 0 Å². The highest BCUT2D eigenvalue weighted by atomic mass is 16.5. The minimum atomic E-state index is 0.172. The maximum atomic E-state index is 12.0. The van der Waals surface area contributed by atoms with Gasteiger partial charge in [-0.3, -0.25) is 9.69 Å². The van der Waals surface area contributed by atoms with E-state index in [4.69, 9.17) is 8.94 Å². The maximum absolute atomic E-state index is 12.0. The Morgan fingerprint density at radius 1 is 1.41 bits per heavy atom. The second kappa shape index (κ2) is 6.31. The molecule has 0 bridgehead atoms. The number of likely N-dealkylation sites (tertiary alicyclic amines) is 1. The quantitative estimate of drug-likeness (QED) is 0.807. The molecule has 0 aliphatic carbocycles. The molecule has 0 spiro atoms. The molecule has 7 nitrogen and oxygen atoms in total. The Labute approximate surface area is 128 Å². The highest BCUT2D eigenvalue weighted by Crippen LogP contribution is 2.27. The molecule has 3 heterocycles. The summed E-state index contributed by atoms with van der Waals surface area (Å²) in [6.07, 6.45) is 1.58. The third-order valence-corrected chi connectivity index (χ3v) is 3.96. The van der Waals surface area contributed by atoms with Gasteiger partial charge in [0.25, 0.3) is 0 Å². The molecule has 2 aromatic rings. The molecule has 118 valence electrons. The molecule has 0 saturated carbocycles. The predicted molar refractivity (Wildman–Crippen MR) is 79.1 cm³/mol. The molecule has 2 aromatic heterocycles. The largest absolute Gasteiger partial charge is 0.461 e. The summed E-state index contributed by atoms with van der Waals surface area (Å²) in [4.78, 5) is 20.3. The first-order chi connectivity index (χ1) is 10.7. The molecule has 7 heteroatoms. The average Bonchev–Trinajstić information content (AvgIpc) is 3.14. The SMILES string of the molecule is CCN(CC)C(=O)CN1CC(c2nc(-c3ccco3)no2)C1. The van der Waals surface area contributed by atoms with Crippen LogP contribution in [0.1, 0.15) is 25.7 Å². The summed E-state index contributed by atoms with van der Waals surface area (Å²) in [7, 11) is 0. The van der Waals surface area contributed by atoms with Crippen molar-refractivity contribution in [3.63, 3.8) is 0 Å². The van der Waals surface area contributed by atoms with E-state index in [0.717, 1.165) is 26.2 Å². The fourth-order valence-corrected chi connectivity index (χ4v) is 2.63. The Balaban J connectivity index is 1.52. The zero-order chi connectivity index (χ0) is 15.5. The van der Waals surface area contributed by atoms with Crippen molar-refractivity contribution >= 4 is 5.91 Å². The van der Waals surface area contributed by atoms with Crippen LogP contribution in [0.4, 0.5) is 0 Å². The third kappa shape index (κ3) is 2.89. The zero-order valence-electron chi connectivity index (χ0n) is 12.9. The second-order valence-corrected chi connectivity index (χ2v) is 5.39. The lowest BCUT2D eigenvalue weighted by Crippen LogP contribution is -2.50. The van der Waals surface area contributed by atoms with Gasteiger partial charge in [0.1, 0.15) is 0 Å². The van der Waals surface area contributed by atoms with Crippen molar-refractivity contribution in [2.75, 3.05) is 32.7 Å². The van der Waals surface area contributed by atoms with Crippen LogP contribution >= 0.6 is 0 Å². The summed E-state index contributed by atoms with van der Waals surface area (Å²) in [5.41, 5.74) is 0. The normalized spacial score (nSPS) is 15.7. The van der Waals surface area contributed by atoms with Crippen LogP contribution in [-0.4, -0.2) is 58.6 Å². The first kappa shape index (κ1) is 14.8. The van der Waals surface area contributed by atoms with Crippen molar-refractivity contribution in [2.24, 2.45) is 0 Å². The summed E-state index contributed by atoms with van der Waals surface area (Å²) >= 11 is 0. The number of likely N-dealkylation sites (N-methyl/N-ethyl adjacent to an activating group) is 1. The van der Waals surface area contributed by atoms with Gasteiger partial charge in [0, 0.05) is 26.2 Å². The summed E-state index contributed by atoms with van der Waals surface area (Å²) < 4.78 is 10.5. The Morgan fingerprint density at radius 2 is 2.18 bits per heavy atom. The first-order valence-corrected chi connectivity index (χ1v) is 7.58. The van der Waals surface area contributed by atoms with Gasteiger partial charge in [0.15, 0.2) is 5.76 Å². The van der Waals surface area contributed by atoms with Gasteiger partial charge in [-0.25, -0.2) is 0 Å². The number of carbonyl (C=O) groups is 1. The van der Waals surface area contributed by atoms with Crippen LogP contribution < -0.4 is 0 Å². The van der Waals surface area contributed by atoms with E-state index in [1.54, 1.807) is 18.4 Å². The van der Waals surface area contributed by atoms with E-state index < -0.39 is 0 Å². The van der Waals surface area contributed by atoms with Crippen LogP contribution in [0.25, 0.3) is 11.6 Å². The number of hydrogen-bond acceptors (Lipinski definition) is 6. The van der Waals surface area contributed by atoms with Gasteiger partial charge in [-0.15, -0.1) is 0 Å². The lowest BCUT2D eigenvalue weighted by molar-refractivity contribution is -0.133. The van der Waals surface area contributed by atoms with E-state index in [0.29, 0.717) is 24.0 Å². The minimum Gasteiger partial charge on any atom is -0.461 e. The number of rotatable bonds is 6. The number of amides is 1. The molecule has 1 amide bonds. The van der Waals surface area contributed by atoms with Gasteiger partial charge in [0.05, 0.1) is 18.7 Å². The summed E-state index contributed by atoms with van der Waals surface area (Å²) in [6, 6.07) is 3.58. The molecule has 3 rings (SSSR count). The molecule has 0 aromatic carbocycles. The Kier molecular flexibility index (Phi) is 4.24. The predicted octanol–water partition coefficient (Wildman–Crippen LogP) is 1.60. The number of carbonyl (C=O) groups excluding carboxylic acids is 1. The van der Waals surface area contributed by atoms with Gasteiger partial charge < -0.3 is 13.8 Å². The van der Waals surface area contributed by atoms with E-state index in [-0.39, 0.29) is 11.8 Å². The average molecular weight is 304 g/mol. The number of aromatic nitrogens is 2. The second-order valence-electron chi connectivity index (χ2n) is 5.39. The van der Waals surface area contributed by atoms with Crippen LogP contribution in [0.3, 0.4) is 0 Å². The van der Waals surface area contributed by atoms with Gasteiger partial charge in [-0.1, -0.05) is 5.16 Å². The van der Waals surface area contributed by atoms with Crippen LogP contribution in [0, 0.1) is 0 Å². The molecule has 0 N–H and O–H groups in total. The summed E-state index contributed by atoms with van der Waals surface area (Å²) in [5.74, 6) is 2.05. The summed E-state index contributed by atoms with van der Waals surface area (Å²) in [5, 5.41) is 3.93. The molecule has 22 heavy (non-hydrogen) atoms. The van der Waals surface area contributed by atoms with Crippen molar-refractivity contribution in [3.05, 3.63) is 24.3 Å². The molecule has 0 radical (unpaired) electrons. The van der Waals surface area contributed by atoms with E-state index in [9.17, 15) is 4.79 Å². The van der Waals surface area contributed by atoms with Gasteiger partial charge in [-0.2, -0.15) is 4.98 Å². The van der Waals surface area contributed by atoms with Crippen molar-refractivity contribution in [2.45, 2.75) is 19.8 Å². The minimum absolute atomic E-state index is 0.172. The van der Waals surface area contributed by atoms with Crippen LogP contribution in [0.2, 0.25) is 0 Å². The van der Waals surface area contributed by atoms with Gasteiger partial charge in [-0.05, 0) is 26.0 Å². The van der Waals surface area contributed by atoms with Gasteiger partial charge in [0.2, 0.25) is 17.6 Å². The monoisotopic (exact) mass is 304 g/mol. The fourth-order valence-electron chi connectivity index (χ4n) is 2.63. The Bertz CT molecular complexity index is 613. The highest BCUT2D eigenvalue weighted by Gasteiger charge is 2.34. The van der Waals surface area contributed by atoms with Crippen LogP contribution in [0.15, 0.2) is 27.3 Å². The van der Waals surface area contributed by atoms with Crippen molar-refractivity contribution in [1.82, 2.24) is 19.9 Å². The molecular formula is C15H20N4O3. The number of hydrogen-bond donors (Lipinski definition) is 0. The number of nitrogens with zero attached hydrogens (tertiary/aromatic N) is 4. The Hall–Kier alpha value is -2.15. The van der Waals surface area contributed by atoms with Gasteiger partial charge >= 0.3 is 0 Å². The fraction of sp³-hybridized carbons (Fsp3) is 0.533. The van der Waals surface area contributed by atoms with E-state index >= 15 is 0 Å². The Morgan fingerprint density at radius 3 is 2.82 bits per heavy atom. The third-order valence-electron chi connectivity index (χ3n) is 3.96. The van der Waals surface area contributed by atoms with Crippen molar-refractivity contribution < 1.29 is 13.7 Å². The zero-order valence-corrected chi connectivity index (χ0v) is 12.9. The molecule has 0 unspecified atom stereocenters. The maximum Gasteiger partial charge on any atom is 0.238 e. The van der Waals surface area contributed by atoms with Crippen LogP contribution in [-0.2, 0) is 4.79 Å². The molecule has 1 fully saturated rings. The molecule has 0 atom stereocenters. The molecule has 1 aliphatic heterocycles. The van der Waals surface area contributed by atoms with E-state index in [1.807, 2.05) is 18.7 Å². The lowest BCUT2D eigenvalue weighted by Gasteiger charge is -2.37. The van der Waals surface area contributed by atoms with E-state index in [2.05, 4.69) is 15.0 Å². The van der Waals surface area contributed by atoms with Crippen molar-refractivity contribution in [3.8, 4) is 11.6 Å². The number of furan rings is 1. The molecule has 1 saturated heterocycles. The first-order valence-electron chi connectivity index (χ1n) is 7.58. The summed E-state index contributed by atoms with van der Waals surface area (Å²) in [6.45, 7) is 7.49.